The van der Waals surface area contributed by atoms with E-state index in [1.165, 1.54) is 5.69 Å². The average molecular weight is 588 g/mol. The van der Waals surface area contributed by atoms with E-state index in [0.29, 0.717) is 5.57 Å². The van der Waals surface area contributed by atoms with Crippen LogP contribution in [0.5, 0.6) is 0 Å². The first-order valence-corrected chi connectivity index (χ1v) is 15.1. The SMILES string of the molecule is C=C(C)C(=O)N(C)c1cc(-c2c(-c3ccc(N4CCN(C)CC4)cc3)[nH]c3ncc(-c4cnn(C)c4C)c(C)c23)ccc1C. The van der Waals surface area contributed by atoms with Gasteiger partial charge < -0.3 is 19.7 Å². The number of hydrogen-bond acceptors (Lipinski definition) is 5. The second kappa shape index (κ2) is 11.4. The van der Waals surface area contributed by atoms with E-state index in [9.17, 15) is 4.79 Å². The number of amides is 1. The van der Waals surface area contributed by atoms with E-state index in [2.05, 4.69) is 89.8 Å². The summed E-state index contributed by atoms with van der Waals surface area (Å²) in [5.41, 5.74) is 13.0. The van der Waals surface area contributed by atoms with Crippen LogP contribution in [0.15, 0.2) is 67.0 Å². The first-order chi connectivity index (χ1) is 21.0. The molecule has 1 fully saturated rings. The third kappa shape index (κ3) is 5.09. The number of H-pyrrole nitrogens is 1. The van der Waals surface area contributed by atoms with Gasteiger partial charge >= 0.3 is 0 Å². The lowest BCUT2D eigenvalue weighted by Crippen LogP contribution is -2.44. The second-order valence-corrected chi connectivity index (χ2v) is 12.1. The van der Waals surface area contributed by atoms with Crippen molar-refractivity contribution in [2.24, 2.45) is 7.05 Å². The number of aromatic nitrogens is 4. The summed E-state index contributed by atoms with van der Waals surface area (Å²) in [5, 5.41) is 5.56. The Balaban J connectivity index is 1.55. The van der Waals surface area contributed by atoms with Gasteiger partial charge in [0, 0.05) is 91.2 Å². The number of nitrogens with zero attached hydrogens (tertiary/aromatic N) is 6. The Bertz CT molecular complexity index is 1890. The first-order valence-electron chi connectivity index (χ1n) is 15.1. The molecule has 226 valence electrons. The zero-order valence-corrected chi connectivity index (χ0v) is 26.8. The summed E-state index contributed by atoms with van der Waals surface area (Å²) in [6.07, 6.45) is 3.86. The number of piperazine rings is 1. The van der Waals surface area contributed by atoms with E-state index in [4.69, 9.17) is 4.98 Å². The summed E-state index contributed by atoms with van der Waals surface area (Å²) >= 11 is 0. The Morgan fingerprint density at radius 3 is 2.25 bits per heavy atom. The number of likely N-dealkylation sites (N-methyl/N-ethyl adjacent to an activating group) is 2. The van der Waals surface area contributed by atoms with Gasteiger partial charge in [-0.15, -0.1) is 0 Å². The molecule has 4 heterocycles. The minimum absolute atomic E-state index is 0.101. The van der Waals surface area contributed by atoms with Crippen molar-refractivity contribution >= 4 is 28.3 Å². The van der Waals surface area contributed by atoms with Crippen LogP contribution in [0.3, 0.4) is 0 Å². The van der Waals surface area contributed by atoms with Crippen LogP contribution in [0.1, 0.15) is 23.7 Å². The Kier molecular flexibility index (Phi) is 7.63. The van der Waals surface area contributed by atoms with Crippen LogP contribution in [0, 0.1) is 20.8 Å². The summed E-state index contributed by atoms with van der Waals surface area (Å²) in [5.74, 6) is -0.101. The van der Waals surface area contributed by atoms with E-state index in [1.54, 1.807) is 11.8 Å². The monoisotopic (exact) mass is 587 g/mol. The number of benzene rings is 2. The molecular formula is C36H41N7O. The predicted molar refractivity (Wildman–Crippen MR) is 181 cm³/mol. The van der Waals surface area contributed by atoms with Gasteiger partial charge in [-0.3, -0.25) is 9.48 Å². The fourth-order valence-corrected chi connectivity index (χ4v) is 6.27. The molecule has 1 saturated heterocycles. The molecule has 8 heteroatoms. The van der Waals surface area contributed by atoms with Gasteiger partial charge in [-0.2, -0.15) is 5.10 Å². The van der Waals surface area contributed by atoms with E-state index in [-0.39, 0.29) is 5.91 Å². The molecule has 0 aliphatic carbocycles. The molecule has 1 amide bonds. The lowest BCUT2D eigenvalue weighted by molar-refractivity contribution is -0.114. The zero-order valence-electron chi connectivity index (χ0n) is 26.8. The van der Waals surface area contributed by atoms with Gasteiger partial charge in [-0.1, -0.05) is 30.8 Å². The van der Waals surface area contributed by atoms with Crippen molar-refractivity contribution < 1.29 is 4.79 Å². The second-order valence-electron chi connectivity index (χ2n) is 12.1. The topological polar surface area (TPSA) is 73.3 Å². The van der Waals surface area contributed by atoms with E-state index >= 15 is 0 Å². The molecule has 0 atom stereocenters. The summed E-state index contributed by atoms with van der Waals surface area (Å²) in [7, 11) is 5.95. The summed E-state index contributed by atoms with van der Waals surface area (Å²) in [6, 6.07) is 15.2. The van der Waals surface area contributed by atoms with Gasteiger partial charge in [0.1, 0.15) is 5.65 Å². The average Bonchev–Trinajstić information content (AvgIpc) is 3.57. The van der Waals surface area contributed by atoms with Gasteiger partial charge in [0.15, 0.2) is 0 Å². The molecule has 0 radical (unpaired) electrons. The smallest absolute Gasteiger partial charge is 0.253 e. The molecule has 1 aliphatic heterocycles. The van der Waals surface area contributed by atoms with Crippen LogP contribution >= 0.6 is 0 Å². The van der Waals surface area contributed by atoms with Crippen LogP contribution in [-0.2, 0) is 11.8 Å². The van der Waals surface area contributed by atoms with Crippen molar-refractivity contribution in [1.29, 1.82) is 0 Å². The zero-order chi connectivity index (χ0) is 31.3. The van der Waals surface area contributed by atoms with Crippen molar-refractivity contribution in [1.82, 2.24) is 24.6 Å². The van der Waals surface area contributed by atoms with Gasteiger partial charge in [0.25, 0.3) is 5.91 Å². The fourth-order valence-electron chi connectivity index (χ4n) is 6.27. The van der Waals surface area contributed by atoms with Crippen molar-refractivity contribution in [3.63, 3.8) is 0 Å². The summed E-state index contributed by atoms with van der Waals surface area (Å²) < 4.78 is 1.89. The maximum absolute atomic E-state index is 13.0. The third-order valence-corrected chi connectivity index (χ3v) is 9.16. The van der Waals surface area contributed by atoms with Gasteiger partial charge in [0.05, 0.1) is 11.9 Å². The standard InChI is InChI=1S/C36H41N7O/c1-22(2)36(44)41(7)31-19-27(10-9-23(31)3)33-32-24(4)29(30-21-38-42(8)25(30)5)20-37-35(32)39-34(33)26-11-13-28(14-12-26)43-17-15-40(6)16-18-43/h9-14,19-21H,1,15-18H2,2-8H3,(H,37,39). The largest absolute Gasteiger partial charge is 0.369 e. The van der Waals surface area contributed by atoms with Crippen LogP contribution in [-0.4, -0.2) is 70.8 Å². The third-order valence-electron chi connectivity index (χ3n) is 9.16. The van der Waals surface area contributed by atoms with E-state index in [1.807, 2.05) is 38.1 Å². The number of fused-ring (bicyclic) bond motifs is 1. The number of aromatic amines is 1. The number of carbonyl (C=O) groups is 1. The van der Waals surface area contributed by atoms with Gasteiger partial charge in [-0.05, 0) is 75.2 Å². The number of rotatable bonds is 6. The van der Waals surface area contributed by atoms with Crippen LogP contribution in [0.25, 0.3) is 44.5 Å². The molecule has 3 aromatic heterocycles. The number of aryl methyl sites for hydroxylation is 3. The maximum Gasteiger partial charge on any atom is 0.253 e. The molecule has 0 saturated carbocycles. The fraction of sp³-hybridized carbons (Fsp3) is 0.306. The van der Waals surface area contributed by atoms with Crippen LogP contribution in [0.4, 0.5) is 11.4 Å². The predicted octanol–water partition coefficient (Wildman–Crippen LogP) is 6.51. The molecule has 5 aromatic rings. The summed E-state index contributed by atoms with van der Waals surface area (Å²) in [6.45, 7) is 16.1. The Morgan fingerprint density at radius 1 is 0.932 bits per heavy atom. The van der Waals surface area contributed by atoms with Crippen molar-refractivity contribution in [3.05, 3.63) is 83.8 Å². The number of hydrogen-bond donors (Lipinski definition) is 1. The van der Waals surface area contributed by atoms with Crippen LogP contribution < -0.4 is 9.80 Å². The Hall–Kier alpha value is -4.69. The molecule has 6 rings (SSSR count). The highest BCUT2D eigenvalue weighted by molar-refractivity contribution is 6.08. The van der Waals surface area contributed by atoms with Crippen molar-refractivity contribution in [2.75, 3.05) is 50.1 Å². The van der Waals surface area contributed by atoms with Crippen molar-refractivity contribution in [2.45, 2.75) is 27.7 Å². The molecule has 44 heavy (non-hydrogen) atoms. The molecule has 1 N–H and O–H groups in total. The molecule has 8 nitrogen and oxygen atoms in total. The molecule has 0 bridgehead atoms. The summed E-state index contributed by atoms with van der Waals surface area (Å²) in [4.78, 5) is 28.1. The highest BCUT2D eigenvalue weighted by atomic mass is 16.2. The number of nitrogens with one attached hydrogen (secondary N) is 1. The molecular weight excluding hydrogens is 546 g/mol. The number of anilines is 2. The van der Waals surface area contributed by atoms with Gasteiger partial charge in [-0.25, -0.2) is 4.98 Å². The molecule has 2 aromatic carbocycles. The van der Waals surface area contributed by atoms with E-state index < -0.39 is 0 Å². The highest BCUT2D eigenvalue weighted by Gasteiger charge is 2.23. The van der Waals surface area contributed by atoms with E-state index in [0.717, 1.165) is 93.2 Å². The normalized spacial score (nSPS) is 13.9. The van der Waals surface area contributed by atoms with Crippen molar-refractivity contribution in [3.8, 4) is 33.5 Å². The van der Waals surface area contributed by atoms with Gasteiger partial charge in [0.2, 0.25) is 0 Å². The quantitative estimate of drug-likeness (QED) is 0.229. The highest BCUT2D eigenvalue weighted by Crippen LogP contribution is 2.43. The Labute approximate surface area is 259 Å². The molecule has 0 unspecified atom stereocenters. The molecule has 1 aliphatic rings. The maximum atomic E-state index is 13.0. The first kappa shape index (κ1) is 29.4. The minimum Gasteiger partial charge on any atom is -0.369 e. The van der Waals surface area contributed by atoms with Crippen LogP contribution in [0.2, 0.25) is 0 Å². The number of pyridine rings is 1. The lowest BCUT2D eigenvalue weighted by Gasteiger charge is -2.34. The Morgan fingerprint density at radius 2 is 1.61 bits per heavy atom. The minimum atomic E-state index is -0.101. The molecule has 0 spiro atoms. The number of carbonyl (C=O) groups excluding carboxylic acids is 1. The lowest BCUT2D eigenvalue weighted by atomic mass is 9.93.